The molecule has 9 heteroatoms. The van der Waals surface area contributed by atoms with E-state index in [4.69, 9.17) is 38.0 Å². The summed E-state index contributed by atoms with van der Waals surface area (Å²) < 4.78 is 7.72. The molecular formula is C26H24Cl2N4O3. The molecule has 0 radical (unpaired) electrons. The number of carboxylic acids is 1. The summed E-state index contributed by atoms with van der Waals surface area (Å²) in [6.07, 6.45) is 6.18. The van der Waals surface area contributed by atoms with E-state index in [0.717, 1.165) is 29.9 Å². The molecule has 4 aromatic rings. The molecule has 2 aromatic carbocycles. The lowest BCUT2D eigenvalue weighted by Gasteiger charge is -2.27. The summed E-state index contributed by atoms with van der Waals surface area (Å²) in [4.78, 5) is 22.3. The standard InChI is InChI=1S/C26H24Cl2N4O3/c27-21-7-6-20-22(31-10-9-29-16-31)13-23(30-26(20)25(21)28)32-14-18(17-4-2-1-3-5-17)12-19(32)15-35-11-8-24(33)34/h1-7,9-10,13,16,18-19H,8,11-12,14-15H2,(H,33,34)/t18-,19+/m1/s1. The molecule has 0 aliphatic carbocycles. The lowest BCUT2D eigenvalue weighted by atomic mass is 9.97. The predicted octanol–water partition coefficient (Wildman–Crippen LogP) is 5.58. The summed E-state index contributed by atoms with van der Waals surface area (Å²) >= 11 is 13.0. The van der Waals surface area contributed by atoms with Gasteiger partial charge in [0.2, 0.25) is 0 Å². The maximum atomic E-state index is 10.9. The minimum absolute atomic E-state index is 0.0209. The molecule has 0 unspecified atom stereocenters. The zero-order valence-electron chi connectivity index (χ0n) is 18.8. The van der Waals surface area contributed by atoms with Crippen molar-refractivity contribution in [3.8, 4) is 5.69 Å². The number of hydrogen-bond donors (Lipinski definition) is 1. The summed E-state index contributed by atoms with van der Waals surface area (Å²) in [7, 11) is 0. The van der Waals surface area contributed by atoms with Crippen LogP contribution in [0.25, 0.3) is 16.6 Å². The number of fused-ring (bicyclic) bond motifs is 1. The fourth-order valence-electron chi connectivity index (χ4n) is 4.67. The van der Waals surface area contributed by atoms with Crippen molar-refractivity contribution in [2.45, 2.75) is 24.8 Å². The zero-order chi connectivity index (χ0) is 24.4. The number of benzene rings is 2. The molecule has 1 saturated heterocycles. The lowest BCUT2D eigenvalue weighted by molar-refractivity contribution is -0.138. The van der Waals surface area contributed by atoms with Gasteiger partial charge in [0.1, 0.15) is 5.82 Å². The van der Waals surface area contributed by atoms with Gasteiger partial charge in [-0.25, -0.2) is 9.97 Å². The second kappa shape index (κ2) is 10.2. The molecule has 1 aliphatic heterocycles. The van der Waals surface area contributed by atoms with Crippen LogP contribution in [-0.4, -0.2) is 51.4 Å². The minimum Gasteiger partial charge on any atom is -0.481 e. The Morgan fingerprint density at radius 1 is 1.17 bits per heavy atom. The van der Waals surface area contributed by atoms with Crippen LogP contribution in [-0.2, 0) is 9.53 Å². The van der Waals surface area contributed by atoms with Gasteiger partial charge in [0.15, 0.2) is 0 Å². The zero-order valence-corrected chi connectivity index (χ0v) is 20.4. The van der Waals surface area contributed by atoms with Crippen molar-refractivity contribution < 1.29 is 14.6 Å². The van der Waals surface area contributed by atoms with Crippen molar-refractivity contribution in [2.75, 3.05) is 24.7 Å². The summed E-state index contributed by atoms with van der Waals surface area (Å²) in [5, 5.41) is 10.7. The first kappa shape index (κ1) is 23.6. The molecule has 7 nitrogen and oxygen atoms in total. The number of aliphatic carboxylic acids is 1. The highest BCUT2D eigenvalue weighted by Crippen LogP contribution is 2.39. The van der Waals surface area contributed by atoms with Crippen molar-refractivity contribution in [1.82, 2.24) is 14.5 Å². The molecule has 0 saturated carbocycles. The molecular weight excluding hydrogens is 487 g/mol. The van der Waals surface area contributed by atoms with Gasteiger partial charge < -0.3 is 19.3 Å². The van der Waals surface area contributed by atoms with Gasteiger partial charge in [-0.1, -0.05) is 53.5 Å². The van der Waals surface area contributed by atoms with Gasteiger partial charge in [-0.05, 0) is 24.1 Å². The highest BCUT2D eigenvalue weighted by atomic mass is 35.5. The van der Waals surface area contributed by atoms with E-state index in [2.05, 4.69) is 22.0 Å². The Balaban J connectivity index is 1.55. The maximum absolute atomic E-state index is 10.9. The van der Waals surface area contributed by atoms with Crippen molar-refractivity contribution in [2.24, 2.45) is 0 Å². The van der Waals surface area contributed by atoms with Crippen molar-refractivity contribution in [3.05, 3.63) is 82.9 Å². The van der Waals surface area contributed by atoms with Gasteiger partial charge in [0.05, 0.1) is 53.3 Å². The van der Waals surface area contributed by atoms with Crippen LogP contribution in [0.5, 0.6) is 0 Å². The Morgan fingerprint density at radius 3 is 2.74 bits per heavy atom. The number of nitrogens with zero attached hydrogens (tertiary/aromatic N) is 4. The Hall–Kier alpha value is -3.13. The second-order valence-electron chi connectivity index (χ2n) is 8.60. The number of carboxylic acid groups (broad SMARTS) is 1. The van der Waals surface area contributed by atoms with Gasteiger partial charge in [-0.2, -0.15) is 0 Å². The molecule has 1 N–H and O–H groups in total. The van der Waals surface area contributed by atoms with E-state index in [1.54, 1.807) is 18.6 Å². The summed E-state index contributed by atoms with van der Waals surface area (Å²) in [5.41, 5.74) is 2.77. The number of anilines is 1. The fourth-order valence-corrected chi connectivity index (χ4v) is 5.03. The minimum atomic E-state index is -0.872. The molecule has 5 rings (SSSR count). The maximum Gasteiger partial charge on any atom is 0.305 e. The highest BCUT2D eigenvalue weighted by Gasteiger charge is 2.34. The van der Waals surface area contributed by atoms with E-state index in [9.17, 15) is 4.79 Å². The number of pyridine rings is 1. The average molecular weight is 511 g/mol. The van der Waals surface area contributed by atoms with Gasteiger partial charge in [0.25, 0.3) is 0 Å². The number of aromatic nitrogens is 3. The number of hydrogen-bond acceptors (Lipinski definition) is 5. The molecule has 2 atom stereocenters. The van der Waals surface area contributed by atoms with Crippen LogP contribution in [0.3, 0.4) is 0 Å². The number of halogens is 2. The second-order valence-corrected chi connectivity index (χ2v) is 9.38. The van der Waals surface area contributed by atoms with Crippen LogP contribution in [0.2, 0.25) is 10.0 Å². The molecule has 3 heterocycles. The van der Waals surface area contributed by atoms with Crippen molar-refractivity contribution in [3.63, 3.8) is 0 Å². The van der Waals surface area contributed by atoms with Gasteiger partial charge in [-0.15, -0.1) is 0 Å². The number of ether oxygens (including phenoxy) is 1. The summed E-state index contributed by atoms with van der Waals surface area (Å²) in [5.74, 6) is 0.173. The Labute approximate surface area is 212 Å². The third-order valence-corrected chi connectivity index (χ3v) is 7.16. The van der Waals surface area contributed by atoms with E-state index in [0.29, 0.717) is 22.2 Å². The third kappa shape index (κ3) is 4.98. The lowest BCUT2D eigenvalue weighted by Crippen LogP contribution is -2.34. The third-order valence-electron chi connectivity index (χ3n) is 6.37. The molecule has 0 amide bonds. The smallest absolute Gasteiger partial charge is 0.305 e. The van der Waals surface area contributed by atoms with Crippen LogP contribution in [0.4, 0.5) is 5.82 Å². The van der Waals surface area contributed by atoms with Crippen LogP contribution < -0.4 is 4.90 Å². The topological polar surface area (TPSA) is 80.5 Å². The molecule has 2 aromatic heterocycles. The van der Waals surface area contributed by atoms with Gasteiger partial charge in [0, 0.05) is 36.3 Å². The summed E-state index contributed by atoms with van der Waals surface area (Å²) in [6.45, 7) is 1.32. The number of carbonyl (C=O) groups is 1. The van der Waals surface area contributed by atoms with Crippen LogP contribution in [0, 0.1) is 0 Å². The number of rotatable bonds is 8. The van der Waals surface area contributed by atoms with E-state index in [-0.39, 0.29) is 25.0 Å². The Bertz CT molecular complexity index is 1330. The SMILES string of the molecule is O=C(O)CCOC[C@@H]1C[C@@H](c2ccccc2)CN1c1cc(-n2ccnc2)c2ccc(Cl)c(Cl)c2n1. The number of imidazole rings is 1. The Kier molecular flexibility index (Phi) is 6.90. The monoisotopic (exact) mass is 510 g/mol. The first-order chi connectivity index (χ1) is 17.0. The van der Waals surface area contributed by atoms with E-state index >= 15 is 0 Å². The van der Waals surface area contributed by atoms with Crippen molar-refractivity contribution in [1.29, 1.82) is 0 Å². The van der Waals surface area contributed by atoms with E-state index in [1.165, 1.54) is 5.56 Å². The first-order valence-corrected chi connectivity index (χ1v) is 12.1. The van der Waals surface area contributed by atoms with Crippen molar-refractivity contribution >= 4 is 45.9 Å². The molecule has 0 spiro atoms. The van der Waals surface area contributed by atoms with Crippen LogP contribution in [0.1, 0.15) is 24.3 Å². The van der Waals surface area contributed by atoms with E-state index < -0.39 is 5.97 Å². The quantitative estimate of drug-likeness (QED) is 0.311. The highest BCUT2D eigenvalue weighted by molar-refractivity contribution is 6.45. The van der Waals surface area contributed by atoms with Gasteiger partial charge in [-0.3, -0.25) is 4.79 Å². The molecule has 180 valence electrons. The normalized spacial score (nSPS) is 17.8. The first-order valence-electron chi connectivity index (χ1n) is 11.4. The summed E-state index contributed by atoms with van der Waals surface area (Å²) in [6, 6.07) is 16.1. The Morgan fingerprint density at radius 2 is 2.00 bits per heavy atom. The fraction of sp³-hybridized carbons (Fsp3) is 0.269. The molecule has 1 aliphatic rings. The largest absolute Gasteiger partial charge is 0.481 e. The molecule has 1 fully saturated rings. The molecule has 35 heavy (non-hydrogen) atoms. The average Bonchev–Trinajstić information content (AvgIpc) is 3.55. The van der Waals surface area contributed by atoms with Crippen LogP contribution >= 0.6 is 23.2 Å². The van der Waals surface area contributed by atoms with Crippen LogP contribution in [0.15, 0.2) is 67.3 Å². The van der Waals surface area contributed by atoms with Gasteiger partial charge >= 0.3 is 5.97 Å². The molecule has 0 bridgehead atoms. The predicted molar refractivity (Wildman–Crippen MR) is 137 cm³/mol. The van der Waals surface area contributed by atoms with E-state index in [1.807, 2.05) is 41.1 Å².